The Morgan fingerprint density at radius 3 is 1.77 bits per heavy atom. The smallest absolute Gasteiger partial charge is 0.141 e. The number of Topliss-reactive ketones (excluding diaryl/α,β-unsaturated/α-hetero) is 1. The SMILES string of the molecule is CCC(CC)C(C)(C)C(=O)C(C)C. The fourth-order valence-corrected chi connectivity index (χ4v) is 2.25. The van der Waals surface area contributed by atoms with E-state index in [-0.39, 0.29) is 11.3 Å². The highest BCUT2D eigenvalue weighted by atomic mass is 16.1. The second-order valence-corrected chi connectivity index (χ2v) is 4.75. The molecule has 0 aliphatic rings. The van der Waals surface area contributed by atoms with E-state index in [1.54, 1.807) is 0 Å². The van der Waals surface area contributed by atoms with E-state index in [9.17, 15) is 4.79 Å². The van der Waals surface area contributed by atoms with Gasteiger partial charge in [-0.05, 0) is 5.92 Å². The lowest BCUT2D eigenvalue weighted by atomic mass is 9.70. The summed E-state index contributed by atoms with van der Waals surface area (Å²) < 4.78 is 0. The van der Waals surface area contributed by atoms with Gasteiger partial charge in [0.1, 0.15) is 5.78 Å². The van der Waals surface area contributed by atoms with Crippen LogP contribution in [0.1, 0.15) is 54.4 Å². The molecule has 78 valence electrons. The Labute approximate surface area is 82.9 Å². The molecule has 0 aromatic rings. The predicted molar refractivity (Wildman–Crippen MR) is 57.7 cm³/mol. The van der Waals surface area contributed by atoms with Crippen molar-refractivity contribution in [2.24, 2.45) is 17.3 Å². The molecule has 13 heavy (non-hydrogen) atoms. The molecule has 0 unspecified atom stereocenters. The van der Waals surface area contributed by atoms with E-state index in [0.29, 0.717) is 11.7 Å². The molecular formula is C12H24O. The topological polar surface area (TPSA) is 17.1 Å². The number of carbonyl (C=O) groups is 1. The van der Waals surface area contributed by atoms with Crippen molar-refractivity contribution in [3.05, 3.63) is 0 Å². The minimum Gasteiger partial charge on any atom is -0.299 e. The molecule has 0 bridgehead atoms. The quantitative estimate of drug-likeness (QED) is 0.637. The Hall–Kier alpha value is -0.330. The van der Waals surface area contributed by atoms with E-state index in [1.165, 1.54) is 0 Å². The fourth-order valence-electron chi connectivity index (χ4n) is 2.25. The van der Waals surface area contributed by atoms with Crippen molar-refractivity contribution in [2.45, 2.75) is 54.4 Å². The number of rotatable bonds is 5. The molecule has 0 saturated heterocycles. The van der Waals surface area contributed by atoms with Gasteiger partial charge >= 0.3 is 0 Å². The zero-order valence-electron chi connectivity index (χ0n) is 9.98. The van der Waals surface area contributed by atoms with Gasteiger partial charge in [0.05, 0.1) is 0 Å². The minimum atomic E-state index is -0.141. The fraction of sp³-hybridized carbons (Fsp3) is 0.917. The lowest BCUT2D eigenvalue weighted by Gasteiger charge is -2.33. The number of hydrogen-bond donors (Lipinski definition) is 0. The minimum absolute atomic E-state index is 0.141. The lowest BCUT2D eigenvalue weighted by Crippen LogP contribution is -2.35. The van der Waals surface area contributed by atoms with Gasteiger partial charge in [-0.25, -0.2) is 0 Å². The summed E-state index contributed by atoms with van der Waals surface area (Å²) in [5.41, 5.74) is -0.141. The van der Waals surface area contributed by atoms with Gasteiger partial charge in [-0.15, -0.1) is 0 Å². The van der Waals surface area contributed by atoms with E-state index in [1.807, 2.05) is 13.8 Å². The Morgan fingerprint density at radius 2 is 1.54 bits per heavy atom. The van der Waals surface area contributed by atoms with Crippen LogP contribution in [0, 0.1) is 17.3 Å². The molecule has 0 amide bonds. The third-order valence-electron chi connectivity index (χ3n) is 3.17. The number of hydrogen-bond acceptors (Lipinski definition) is 1. The third-order valence-corrected chi connectivity index (χ3v) is 3.17. The average molecular weight is 184 g/mol. The van der Waals surface area contributed by atoms with E-state index >= 15 is 0 Å². The molecule has 0 aliphatic heterocycles. The summed E-state index contributed by atoms with van der Waals surface area (Å²) in [4.78, 5) is 11.9. The van der Waals surface area contributed by atoms with E-state index in [4.69, 9.17) is 0 Å². The molecule has 0 fully saturated rings. The first-order chi connectivity index (χ1) is 5.87. The van der Waals surface area contributed by atoms with Crippen LogP contribution in [0.2, 0.25) is 0 Å². The zero-order chi connectivity index (χ0) is 10.6. The number of carbonyl (C=O) groups excluding carboxylic acids is 1. The van der Waals surface area contributed by atoms with Crippen molar-refractivity contribution in [1.82, 2.24) is 0 Å². The highest BCUT2D eigenvalue weighted by Gasteiger charge is 2.35. The van der Waals surface area contributed by atoms with Crippen LogP contribution < -0.4 is 0 Å². The molecule has 0 spiro atoms. The molecule has 0 saturated carbocycles. The van der Waals surface area contributed by atoms with Crippen LogP contribution in [0.4, 0.5) is 0 Å². The second-order valence-electron chi connectivity index (χ2n) is 4.75. The molecule has 0 aliphatic carbocycles. The van der Waals surface area contributed by atoms with Gasteiger partial charge in [0.2, 0.25) is 0 Å². The molecule has 0 heterocycles. The number of ketones is 1. The van der Waals surface area contributed by atoms with Crippen LogP contribution in [0.3, 0.4) is 0 Å². The predicted octanol–water partition coefficient (Wildman–Crippen LogP) is 3.67. The first-order valence-electron chi connectivity index (χ1n) is 5.42. The first-order valence-corrected chi connectivity index (χ1v) is 5.42. The molecule has 0 radical (unpaired) electrons. The standard InChI is InChI=1S/C12H24O/c1-7-10(8-2)12(5,6)11(13)9(3)4/h9-10H,7-8H2,1-6H3. The molecular weight excluding hydrogens is 160 g/mol. The van der Waals surface area contributed by atoms with Gasteiger partial charge in [0.15, 0.2) is 0 Å². The normalized spacial score (nSPS) is 12.6. The van der Waals surface area contributed by atoms with Gasteiger partial charge in [-0.2, -0.15) is 0 Å². The zero-order valence-corrected chi connectivity index (χ0v) is 9.98. The van der Waals surface area contributed by atoms with Gasteiger partial charge < -0.3 is 0 Å². The maximum atomic E-state index is 11.9. The Morgan fingerprint density at radius 1 is 1.15 bits per heavy atom. The van der Waals surface area contributed by atoms with Crippen LogP contribution in [0.5, 0.6) is 0 Å². The Bertz CT molecular complexity index is 164. The van der Waals surface area contributed by atoms with Crippen molar-refractivity contribution in [2.75, 3.05) is 0 Å². The molecule has 0 atom stereocenters. The Balaban J connectivity index is 4.61. The summed E-state index contributed by atoms with van der Waals surface area (Å²) in [7, 11) is 0. The van der Waals surface area contributed by atoms with E-state index in [0.717, 1.165) is 12.8 Å². The average Bonchev–Trinajstić information content (AvgIpc) is 2.04. The van der Waals surface area contributed by atoms with Crippen molar-refractivity contribution in [3.63, 3.8) is 0 Å². The third kappa shape index (κ3) is 2.82. The summed E-state index contributed by atoms with van der Waals surface area (Å²) >= 11 is 0. The van der Waals surface area contributed by atoms with Crippen molar-refractivity contribution in [3.8, 4) is 0 Å². The first kappa shape index (κ1) is 12.7. The summed E-state index contributed by atoms with van der Waals surface area (Å²) in [5, 5.41) is 0. The van der Waals surface area contributed by atoms with Crippen LogP contribution in [-0.4, -0.2) is 5.78 Å². The van der Waals surface area contributed by atoms with E-state index < -0.39 is 0 Å². The summed E-state index contributed by atoms with van der Waals surface area (Å²) in [6, 6.07) is 0. The van der Waals surface area contributed by atoms with E-state index in [2.05, 4.69) is 27.7 Å². The van der Waals surface area contributed by atoms with Gasteiger partial charge in [-0.3, -0.25) is 4.79 Å². The van der Waals surface area contributed by atoms with Gasteiger partial charge in [0, 0.05) is 11.3 Å². The van der Waals surface area contributed by atoms with Crippen LogP contribution >= 0.6 is 0 Å². The maximum absolute atomic E-state index is 11.9. The van der Waals surface area contributed by atoms with Crippen molar-refractivity contribution < 1.29 is 4.79 Å². The lowest BCUT2D eigenvalue weighted by molar-refractivity contribution is -0.133. The van der Waals surface area contributed by atoms with Gasteiger partial charge in [0.25, 0.3) is 0 Å². The van der Waals surface area contributed by atoms with Crippen molar-refractivity contribution in [1.29, 1.82) is 0 Å². The van der Waals surface area contributed by atoms with Gasteiger partial charge in [-0.1, -0.05) is 54.4 Å². The highest BCUT2D eigenvalue weighted by molar-refractivity contribution is 5.86. The molecule has 0 rings (SSSR count). The molecule has 0 aromatic carbocycles. The monoisotopic (exact) mass is 184 g/mol. The Kier molecular flexibility index (Phi) is 4.66. The second kappa shape index (κ2) is 4.78. The van der Waals surface area contributed by atoms with Crippen LogP contribution in [-0.2, 0) is 4.79 Å². The molecule has 1 nitrogen and oxygen atoms in total. The van der Waals surface area contributed by atoms with Crippen LogP contribution in [0.25, 0.3) is 0 Å². The maximum Gasteiger partial charge on any atom is 0.141 e. The summed E-state index contributed by atoms with van der Waals surface area (Å²) in [5.74, 6) is 1.10. The molecule has 1 heteroatoms. The molecule has 0 aromatic heterocycles. The largest absolute Gasteiger partial charge is 0.299 e. The molecule has 0 N–H and O–H groups in total. The van der Waals surface area contributed by atoms with Crippen molar-refractivity contribution >= 4 is 5.78 Å². The summed E-state index contributed by atoms with van der Waals surface area (Å²) in [6.45, 7) is 12.5. The summed E-state index contributed by atoms with van der Waals surface area (Å²) in [6.07, 6.45) is 2.20. The van der Waals surface area contributed by atoms with Crippen LogP contribution in [0.15, 0.2) is 0 Å². The highest BCUT2D eigenvalue weighted by Crippen LogP contribution is 2.34.